The van der Waals surface area contributed by atoms with E-state index in [9.17, 15) is 4.79 Å². The van der Waals surface area contributed by atoms with E-state index in [0.29, 0.717) is 11.3 Å². The third-order valence-electron chi connectivity index (χ3n) is 5.77. The third-order valence-corrected chi connectivity index (χ3v) is 5.77. The summed E-state index contributed by atoms with van der Waals surface area (Å²) in [4.78, 5) is 19.9. The number of benzene rings is 2. The summed E-state index contributed by atoms with van der Waals surface area (Å²) in [6.45, 7) is 2.72. The lowest BCUT2D eigenvalue weighted by molar-refractivity contribution is 0.0938. The fourth-order valence-electron chi connectivity index (χ4n) is 4.17. The number of amides is 1. The number of nitrogens with zero attached hydrogens (tertiary/aromatic N) is 4. The van der Waals surface area contributed by atoms with Crippen molar-refractivity contribution in [2.45, 2.75) is 19.0 Å². The number of hydrogen-bond donors (Lipinski definition) is 1. The van der Waals surface area contributed by atoms with Gasteiger partial charge in [-0.2, -0.15) is 5.10 Å². The van der Waals surface area contributed by atoms with Crippen LogP contribution in [0, 0.1) is 0 Å². The van der Waals surface area contributed by atoms with Gasteiger partial charge >= 0.3 is 0 Å². The first-order chi connectivity index (χ1) is 15.8. The minimum absolute atomic E-state index is 0.0994. The highest BCUT2D eigenvalue weighted by molar-refractivity contribution is 6.00. The molecule has 0 saturated carbocycles. The van der Waals surface area contributed by atoms with E-state index >= 15 is 0 Å². The number of pyridine rings is 1. The van der Waals surface area contributed by atoms with Gasteiger partial charge in [-0.15, -0.1) is 0 Å². The summed E-state index contributed by atoms with van der Waals surface area (Å²) in [7, 11) is 0. The van der Waals surface area contributed by atoms with Crippen LogP contribution >= 0.6 is 0 Å². The van der Waals surface area contributed by atoms with Crippen molar-refractivity contribution in [2.75, 3.05) is 13.1 Å². The number of nitrogens with one attached hydrogen (secondary N) is 1. The van der Waals surface area contributed by atoms with Gasteiger partial charge < -0.3 is 5.32 Å². The molecule has 0 bridgehead atoms. The Kier molecular flexibility index (Phi) is 5.77. The van der Waals surface area contributed by atoms with Crippen molar-refractivity contribution >= 4 is 5.91 Å². The zero-order chi connectivity index (χ0) is 21.8. The maximum Gasteiger partial charge on any atom is 0.255 e. The summed E-state index contributed by atoms with van der Waals surface area (Å²) in [6, 6.07) is 24.2. The molecular weight excluding hydrogens is 398 g/mol. The van der Waals surface area contributed by atoms with Crippen LogP contribution in [0.5, 0.6) is 0 Å². The number of carbonyl (C=O) groups excluding carboxylic acids is 1. The van der Waals surface area contributed by atoms with E-state index in [4.69, 9.17) is 5.10 Å². The summed E-state index contributed by atoms with van der Waals surface area (Å²) in [5, 5.41) is 7.95. The molecule has 6 heteroatoms. The standard InChI is InChI=1S/C26H25N5O/c32-26(28-22-13-15-30(18-22)17-20-8-3-1-4-9-20)24-19-31(23-11-5-2-6-12-23)29-25(24)21-10-7-14-27-16-21/h1-12,14,16,19,22H,13,15,17-18H2,(H,28,32)/t22-/m1/s1. The van der Waals surface area contributed by atoms with Gasteiger partial charge in [0.15, 0.2) is 0 Å². The normalized spacial score (nSPS) is 16.2. The summed E-state index contributed by atoms with van der Waals surface area (Å²) in [5.41, 5.74) is 4.22. The Bertz CT molecular complexity index is 1170. The van der Waals surface area contributed by atoms with E-state index < -0.39 is 0 Å². The molecule has 4 aromatic rings. The van der Waals surface area contributed by atoms with E-state index in [-0.39, 0.29) is 11.9 Å². The van der Waals surface area contributed by atoms with Gasteiger partial charge in [0, 0.05) is 49.8 Å². The van der Waals surface area contributed by atoms with E-state index in [1.165, 1.54) is 5.56 Å². The Morgan fingerprint density at radius 2 is 1.78 bits per heavy atom. The van der Waals surface area contributed by atoms with Crippen molar-refractivity contribution in [3.05, 3.63) is 103 Å². The Morgan fingerprint density at radius 3 is 2.53 bits per heavy atom. The fourth-order valence-corrected chi connectivity index (χ4v) is 4.17. The topological polar surface area (TPSA) is 63.1 Å². The number of hydrogen-bond acceptors (Lipinski definition) is 4. The van der Waals surface area contributed by atoms with Crippen LogP contribution < -0.4 is 5.32 Å². The lowest BCUT2D eigenvalue weighted by Crippen LogP contribution is -2.37. The molecule has 0 unspecified atom stereocenters. The first-order valence-corrected chi connectivity index (χ1v) is 10.9. The van der Waals surface area contributed by atoms with Gasteiger partial charge in [0.2, 0.25) is 0 Å². The second-order valence-electron chi connectivity index (χ2n) is 8.09. The summed E-state index contributed by atoms with van der Waals surface area (Å²) in [6.07, 6.45) is 6.21. The smallest absolute Gasteiger partial charge is 0.255 e. The second-order valence-corrected chi connectivity index (χ2v) is 8.09. The predicted octanol–water partition coefficient (Wildman–Crippen LogP) is 3.94. The maximum atomic E-state index is 13.3. The van der Waals surface area contributed by atoms with Crippen LogP contribution in [0.3, 0.4) is 0 Å². The lowest BCUT2D eigenvalue weighted by atomic mass is 10.1. The van der Waals surface area contributed by atoms with Crippen LogP contribution in [-0.4, -0.2) is 44.7 Å². The molecule has 1 N–H and O–H groups in total. The molecule has 1 atom stereocenters. The monoisotopic (exact) mass is 423 g/mol. The van der Waals surface area contributed by atoms with Gasteiger partial charge in [0.25, 0.3) is 5.91 Å². The van der Waals surface area contributed by atoms with Gasteiger partial charge in [-0.3, -0.25) is 14.7 Å². The predicted molar refractivity (Wildman–Crippen MR) is 124 cm³/mol. The SMILES string of the molecule is O=C(N[C@@H]1CCN(Cc2ccccc2)C1)c1cn(-c2ccccc2)nc1-c1cccnc1. The highest BCUT2D eigenvalue weighted by Crippen LogP contribution is 2.24. The number of rotatable bonds is 6. The maximum absolute atomic E-state index is 13.3. The van der Waals surface area contributed by atoms with Crippen molar-refractivity contribution < 1.29 is 4.79 Å². The fraction of sp³-hybridized carbons (Fsp3) is 0.192. The Hall–Kier alpha value is -3.77. The Balaban J connectivity index is 1.34. The largest absolute Gasteiger partial charge is 0.348 e. The molecule has 1 aliphatic heterocycles. The van der Waals surface area contributed by atoms with Crippen LogP contribution in [0.2, 0.25) is 0 Å². The van der Waals surface area contributed by atoms with Gasteiger partial charge in [-0.1, -0.05) is 48.5 Å². The van der Waals surface area contributed by atoms with Crippen molar-refractivity contribution in [1.82, 2.24) is 25.0 Å². The molecule has 2 aromatic carbocycles. The molecule has 1 saturated heterocycles. The minimum Gasteiger partial charge on any atom is -0.348 e. The number of para-hydroxylation sites is 1. The van der Waals surface area contributed by atoms with Crippen molar-refractivity contribution in [3.63, 3.8) is 0 Å². The zero-order valence-electron chi connectivity index (χ0n) is 17.8. The van der Waals surface area contributed by atoms with Crippen molar-refractivity contribution in [2.24, 2.45) is 0 Å². The minimum atomic E-state index is -0.0994. The first kappa shape index (κ1) is 20.2. The molecule has 1 aliphatic rings. The number of aromatic nitrogens is 3. The lowest BCUT2D eigenvalue weighted by Gasteiger charge is -2.16. The molecule has 0 aliphatic carbocycles. The molecule has 1 amide bonds. The zero-order valence-corrected chi connectivity index (χ0v) is 17.8. The van der Waals surface area contributed by atoms with Crippen LogP contribution in [-0.2, 0) is 6.54 Å². The summed E-state index contributed by atoms with van der Waals surface area (Å²) in [5.74, 6) is -0.0994. The molecule has 160 valence electrons. The van der Waals surface area contributed by atoms with E-state index in [2.05, 4.69) is 39.5 Å². The Morgan fingerprint density at radius 1 is 1.00 bits per heavy atom. The molecular formula is C26H25N5O. The second kappa shape index (κ2) is 9.16. The molecule has 32 heavy (non-hydrogen) atoms. The molecule has 5 rings (SSSR count). The third kappa shape index (κ3) is 4.45. The van der Waals surface area contributed by atoms with Crippen LogP contribution in [0.15, 0.2) is 91.4 Å². The molecule has 0 radical (unpaired) electrons. The highest BCUT2D eigenvalue weighted by atomic mass is 16.1. The van der Waals surface area contributed by atoms with Crippen molar-refractivity contribution in [3.8, 4) is 16.9 Å². The molecule has 1 fully saturated rings. The molecule has 0 spiro atoms. The van der Waals surface area contributed by atoms with E-state index in [1.807, 2.05) is 54.7 Å². The average molecular weight is 424 g/mol. The van der Waals surface area contributed by atoms with Gasteiger partial charge in [0.1, 0.15) is 5.69 Å². The van der Waals surface area contributed by atoms with Gasteiger partial charge in [0.05, 0.1) is 11.3 Å². The number of likely N-dealkylation sites (tertiary alicyclic amines) is 1. The molecule has 6 nitrogen and oxygen atoms in total. The van der Waals surface area contributed by atoms with Crippen LogP contribution in [0.25, 0.3) is 16.9 Å². The number of carbonyl (C=O) groups is 1. The van der Waals surface area contributed by atoms with Crippen molar-refractivity contribution in [1.29, 1.82) is 0 Å². The van der Waals surface area contributed by atoms with E-state index in [0.717, 1.165) is 37.3 Å². The molecule has 2 aromatic heterocycles. The van der Waals surface area contributed by atoms with Gasteiger partial charge in [-0.05, 0) is 36.2 Å². The van der Waals surface area contributed by atoms with E-state index in [1.54, 1.807) is 17.1 Å². The van der Waals surface area contributed by atoms with Gasteiger partial charge in [-0.25, -0.2) is 4.68 Å². The summed E-state index contributed by atoms with van der Waals surface area (Å²) < 4.78 is 1.76. The first-order valence-electron chi connectivity index (χ1n) is 10.9. The quantitative estimate of drug-likeness (QED) is 0.510. The van der Waals surface area contributed by atoms with Crippen LogP contribution in [0.4, 0.5) is 0 Å². The molecule has 3 heterocycles. The summed E-state index contributed by atoms with van der Waals surface area (Å²) >= 11 is 0. The Labute approximate surface area is 187 Å². The average Bonchev–Trinajstić information content (AvgIpc) is 3.48. The van der Waals surface area contributed by atoms with Crippen LogP contribution in [0.1, 0.15) is 22.3 Å². The highest BCUT2D eigenvalue weighted by Gasteiger charge is 2.26.